The number of hydrogen-bond acceptors (Lipinski definition) is 9. The lowest BCUT2D eigenvalue weighted by Gasteiger charge is -2.35. The molecule has 2 aromatic rings. The van der Waals surface area contributed by atoms with E-state index >= 15 is 0 Å². The summed E-state index contributed by atoms with van der Waals surface area (Å²) in [4.78, 5) is 45.2. The van der Waals surface area contributed by atoms with Gasteiger partial charge in [0.25, 0.3) is 11.6 Å². The maximum atomic E-state index is 12.7. The zero-order chi connectivity index (χ0) is 26.8. The van der Waals surface area contributed by atoms with Crippen molar-refractivity contribution in [3.8, 4) is 17.2 Å². The monoisotopic (exact) mass is 505 g/mol. The van der Waals surface area contributed by atoms with E-state index in [0.717, 1.165) is 5.56 Å². The van der Waals surface area contributed by atoms with E-state index in [1.54, 1.807) is 26.2 Å². The molecule has 0 unspecified atom stereocenters. The highest BCUT2D eigenvalue weighted by Crippen LogP contribution is 2.40. The number of hydrogen-bond donors (Lipinski definition) is 2. The maximum absolute atomic E-state index is 12.7. The minimum atomic E-state index is -1.82. The first kappa shape index (κ1) is 27.9. The lowest BCUT2D eigenvalue weighted by Crippen LogP contribution is -2.48. The molecule has 1 fully saturated rings. The van der Waals surface area contributed by atoms with E-state index in [9.17, 15) is 14.9 Å². The third kappa shape index (κ3) is 7.06. The summed E-state index contributed by atoms with van der Waals surface area (Å²) in [6.45, 7) is 3.21. The van der Waals surface area contributed by atoms with Crippen LogP contribution in [0.15, 0.2) is 36.4 Å². The van der Waals surface area contributed by atoms with Gasteiger partial charge in [0.15, 0.2) is 11.5 Å². The van der Waals surface area contributed by atoms with Crippen molar-refractivity contribution in [1.82, 2.24) is 9.80 Å². The molecule has 0 aromatic heterocycles. The van der Waals surface area contributed by atoms with Crippen LogP contribution in [0.2, 0.25) is 0 Å². The van der Waals surface area contributed by atoms with E-state index < -0.39 is 16.9 Å². The Morgan fingerprint density at radius 3 is 1.86 bits per heavy atom. The van der Waals surface area contributed by atoms with Crippen molar-refractivity contribution in [3.63, 3.8) is 0 Å². The molecule has 0 aliphatic carbocycles. The zero-order valence-corrected chi connectivity index (χ0v) is 20.0. The van der Waals surface area contributed by atoms with Crippen LogP contribution in [-0.2, 0) is 16.1 Å². The molecule has 0 atom stereocenters. The number of amides is 1. The summed E-state index contributed by atoms with van der Waals surface area (Å²) in [6.07, 6.45) is 0. The van der Waals surface area contributed by atoms with Gasteiger partial charge in [-0.2, -0.15) is 0 Å². The second-order valence-electron chi connectivity index (χ2n) is 7.48. The number of nitro groups is 1. The second kappa shape index (κ2) is 12.9. The molecule has 1 saturated heterocycles. The van der Waals surface area contributed by atoms with Crippen molar-refractivity contribution >= 4 is 23.5 Å². The van der Waals surface area contributed by atoms with Crippen molar-refractivity contribution in [2.45, 2.75) is 6.54 Å². The van der Waals surface area contributed by atoms with Crippen molar-refractivity contribution in [2.24, 2.45) is 0 Å². The fraction of sp³-hybridized carbons (Fsp3) is 0.348. The van der Waals surface area contributed by atoms with Gasteiger partial charge in [-0.05, 0) is 18.2 Å². The lowest BCUT2D eigenvalue weighted by atomic mass is 10.1. The number of carboxylic acid groups (broad SMARTS) is 2. The SMILES string of the molecule is COc1ccc(CN2CCN(C(=O)c3ccc([N+](=O)[O-])cc3)CC2)c(OC)c1OC.O=C(O)C(=O)O. The Labute approximate surface area is 206 Å². The Kier molecular flexibility index (Phi) is 9.98. The standard InChI is InChI=1S/C21H25N3O6.C2H2O4/c1-28-18-9-6-16(19(29-2)20(18)30-3)14-22-10-12-23(13-11-22)21(25)15-4-7-17(8-5-15)24(26)27;3-1(4)2(5)6/h4-9H,10-14H2,1-3H3;(H,3,4)(H,5,6). The molecule has 0 spiro atoms. The third-order valence-electron chi connectivity index (χ3n) is 5.35. The topological polar surface area (TPSA) is 169 Å². The van der Waals surface area contributed by atoms with Crippen LogP contribution >= 0.6 is 0 Å². The predicted octanol–water partition coefficient (Wildman–Crippen LogP) is 1.73. The molecule has 0 saturated carbocycles. The first-order valence-corrected chi connectivity index (χ1v) is 10.6. The average molecular weight is 505 g/mol. The number of nitrogens with zero attached hydrogens (tertiary/aromatic N) is 3. The minimum absolute atomic E-state index is 0.0276. The Morgan fingerprint density at radius 2 is 1.42 bits per heavy atom. The summed E-state index contributed by atoms with van der Waals surface area (Å²) in [6, 6.07) is 9.52. The largest absolute Gasteiger partial charge is 0.493 e. The molecule has 2 aromatic carbocycles. The first-order valence-electron chi connectivity index (χ1n) is 10.6. The molecule has 3 rings (SSSR count). The number of ether oxygens (including phenoxy) is 3. The van der Waals surface area contributed by atoms with Crippen LogP contribution in [0.1, 0.15) is 15.9 Å². The maximum Gasteiger partial charge on any atom is 0.414 e. The van der Waals surface area contributed by atoms with Crippen molar-refractivity contribution in [1.29, 1.82) is 0 Å². The second-order valence-corrected chi connectivity index (χ2v) is 7.48. The number of benzene rings is 2. The molecule has 13 heteroatoms. The van der Waals surface area contributed by atoms with Gasteiger partial charge in [-0.25, -0.2) is 9.59 Å². The number of piperazine rings is 1. The fourth-order valence-electron chi connectivity index (χ4n) is 3.55. The molecule has 1 aliphatic rings. The number of aliphatic carboxylic acids is 2. The molecule has 194 valence electrons. The Bertz CT molecular complexity index is 1080. The van der Waals surface area contributed by atoms with Crippen LogP contribution in [-0.4, -0.2) is 90.3 Å². The van der Waals surface area contributed by atoms with E-state index in [2.05, 4.69) is 4.90 Å². The summed E-state index contributed by atoms with van der Waals surface area (Å²) < 4.78 is 16.3. The van der Waals surface area contributed by atoms with Crippen LogP contribution in [0.25, 0.3) is 0 Å². The molecular weight excluding hydrogens is 478 g/mol. The molecule has 2 N–H and O–H groups in total. The van der Waals surface area contributed by atoms with E-state index in [1.807, 2.05) is 12.1 Å². The van der Waals surface area contributed by atoms with Crippen molar-refractivity contribution in [3.05, 3.63) is 57.6 Å². The van der Waals surface area contributed by atoms with Gasteiger partial charge in [0.05, 0.1) is 26.3 Å². The van der Waals surface area contributed by atoms with E-state index in [-0.39, 0.29) is 11.6 Å². The molecule has 1 amide bonds. The first-order chi connectivity index (χ1) is 17.1. The third-order valence-corrected chi connectivity index (χ3v) is 5.35. The van der Waals surface area contributed by atoms with E-state index in [1.165, 1.54) is 24.3 Å². The normalized spacial score (nSPS) is 13.1. The Morgan fingerprint density at radius 1 is 0.861 bits per heavy atom. The van der Waals surface area contributed by atoms with Crippen LogP contribution < -0.4 is 14.2 Å². The summed E-state index contributed by atoms with van der Waals surface area (Å²) >= 11 is 0. The lowest BCUT2D eigenvalue weighted by molar-refractivity contribution is -0.384. The Hall–Kier alpha value is -4.39. The summed E-state index contributed by atoms with van der Waals surface area (Å²) in [5, 5.41) is 25.6. The van der Waals surface area contributed by atoms with Crippen LogP contribution in [0.4, 0.5) is 5.69 Å². The number of methoxy groups -OCH3 is 3. The average Bonchev–Trinajstić information content (AvgIpc) is 2.88. The van der Waals surface area contributed by atoms with Gasteiger partial charge in [-0.15, -0.1) is 0 Å². The number of non-ortho nitro benzene ring substituents is 1. The highest BCUT2D eigenvalue weighted by Gasteiger charge is 2.24. The molecule has 13 nitrogen and oxygen atoms in total. The Balaban J connectivity index is 0.000000678. The van der Waals surface area contributed by atoms with Gasteiger partial charge in [0.1, 0.15) is 0 Å². The molecular formula is C23H27N3O10. The van der Waals surface area contributed by atoms with Gasteiger partial charge in [0, 0.05) is 56.0 Å². The minimum Gasteiger partial charge on any atom is -0.493 e. The highest BCUT2D eigenvalue weighted by atomic mass is 16.6. The number of carbonyl (C=O) groups is 3. The van der Waals surface area contributed by atoms with Gasteiger partial charge in [-0.3, -0.25) is 19.8 Å². The summed E-state index contributed by atoms with van der Waals surface area (Å²) in [5.74, 6) is -1.96. The molecule has 36 heavy (non-hydrogen) atoms. The number of carboxylic acids is 2. The summed E-state index contributed by atoms with van der Waals surface area (Å²) in [7, 11) is 4.76. The number of rotatable bonds is 7. The quantitative estimate of drug-likeness (QED) is 0.319. The number of carbonyl (C=O) groups excluding carboxylic acids is 1. The van der Waals surface area contributed by atoms with Crippen LogP contribution in [0, 0.1) is 10.1 Å². The predicted molar refractivity (Wildman–Crippen MR) is 126 cm³/mol. The molecule has 0 radical (unpaired) electrons. The highest BCUT2D eigenvalue weighted by molar-refractivity contribution is 6.27. The fourth-order valence-corrected chi connectivity index (χ4v) is 3.55. The molecule has 1 heterocycles. The summed E-state index contributed by atoms with van der Waals surface area (Å²) in [5.41, 5.74) is 1.40. The molecule has 1 aliphatic heterocycles. The van der Waals surface area contributed by atoms with Crippen molar-refractivity contribution < 1.29 is 43.7 Å². The van der Waals surface area contributed by atoms with Gasteiger partial charge >= 0.3 is 11.9 Å². The van der Waals surface area contributed by atoms with Crippen LogP contribution in [0.5, 0.6) is 17.2 Å². The van der Waals surface area contributed by atoms with Gasteiger partial charge in [0.2, 0.25) is 5.75 Å². The van der Waals surface area contributed by atoms with Gasteiger partial charge in [-0.1, -0.05) is 6.07 Å². The number of nitro benzene ring substituents is 1. The van der Waals surface area contributed by atoms with Crippen LogP contribution in [0.3, 0.4) is 0 Å². The molecule has 0 bridgehead atoms. The van der Waals surface area contributed by atoms with E-state index in [4.69, 9.17) is 34.0 Å². The van der Waals surface area contributed by atoms with Gasteiger partial charge < -0.3 is 29.3 Å². The zero-order valence-electron chi connectivity index (χ0n) is 20.0. The smallest absolute Gasteiger partial charge is 0.414 e. The van der Waals surface area contributed by atoms with E-state index in [0.29, 0.717) is 55.5 Å². The van der Waals surface area contributed by atoms with Crippen molar-refractivity contribution in [2.75, 3.05) is 47.5 Å².